The lowest BCUT2D eigenvalue weighted by Crippen LogP contribution is -2.32. The summed E-state index contributed by atoms with van der Waals surface area (Å²) in [7, 11) is 0. The molecule has 17 heavy (non-hydrogen) atoms. The number of nitrogens with two attached hydrogens (primary N) is 1. The number of ether oxygens (including phenoxy) is 1. The highest BCUT2D eigenvalue weighted by Gasteiger charge is 2.36. The fourth-order valence-electron chi connectivity index (χ4n) is 2.54. The minimum atomic E-state index is -0.345. The van der Waals surface area contributed by atoms with Crippen molar-refractivity contribution >= 4 is 5.95 Å². The zero-order valence-corrected chi connectivity index (χ0v) is 10.4. The first kappa shape index (κ1) is 12.2. The van der Waals surface area contributed by atoms with E-state index in [9.17, 15) is 0 Å². The molecule has 1 aliphatic rings. The van der Waals surface area contributed by atoms with Crippen molar-refractivity contribution in [2.75, 3.05) is 12.3 Å². The van der Waals surface area contributed by atoms with Crippen LogP contribution in [0.4, 0.5) is 5.95 Å². The number of rotatable bonds is 3. The average molecular weight is 236 g/mol. The van der Waals surface area contributed by atoms with E-state index in [2.05, 4.69) is 15.0 Å². The largest absolute Gasteiger partial charge is 0.368 e. The van der Waals surface area contributed by atoms with Gasteiger partial charge in [0.25, 0.3) is 0 Å². The van der Waals surface area contributed by atoms with E-state index in [1.165, 1.54) is 19.2 Å². The predicted octanol–water partition coefficient (Wildman–Crippen LogP) is 2.04. The summed E-state index contributed by atoms with van der Waals surface area (Å²) in [5.41, 5.74) is 5.30. The van der Waals surface area contributed by atoms with Crippen LogP contribution in [0.5, 0.6) is 0 Å². The number of anilines is 1. The number of aromatic nitrogens is 3. The van der Waals surface area contributed by atoms with E-state index in [4.69, 9.17) is 10.5 Å². The number of nitrogen functional groups attached to an aromatic ring is 1. The van der Waals surface area contributed by atoms with Crippen LogP contribution in [0.3, 0.4) is 0 Å². The Labute approximate surface area is 102 Å². The Morgan fingerprint density at radius 2 is 1.94 bits per heavy atom. The zero-order valence-electron chi connectivity index (χ0n) is 10.4. The fraction of sp³-hybridized carbons (Fsp3) is 0.750. The van der Waals surface area contributed by atoms with Crippen molar-refractivity contribution < 1.29 is 4.74 Å². The van der Waals surface area contributed by atoms with Gasteiger partial charge in [0.1, 0.15) is 11.9 Å². The Kier molecular flexibility index (Phi) is 3.89. The maximum atomic E-state index is 5.98. The van der Waals surface area contributed by atoms with Crippen LogP contribution in [-0.4, -0.2) is 21.6 Å². The summed E-state index contributed by atoms with van der Waals surface area (Å²) in [6.07, 6.45) is 8.26. The normalized spacial score (nSPS) is 19.8. The predicted molar refractivity (Wildman–Crippen MR) is 65.2 cm³/mol. The molecule has 0 unspecified atom stereocenters. The van der Waals surface area contributed by atoms with Gasteiger partial charge in [0.15, 0.2) is 5.82 Å². The highest BCUT2D eigenvalue weighted by atomic mass is 16.5. The summed E-state index contributed by atoms with van der Waals surface area (Å²) >= 11 is 0. The topological polar surface area (TPSA) is 73.9 Å². The van der Waals surface area contributed by atoms with Crippen molar-refractivity contribution in [1.29, 1.82) is 0 Å². The van der Waals surface area contributed by atoms with Gasteiger partial charge < -0.3 is 10.5 Å². The minimum absolute atomic E-state index is 0.276. The molecule has 0 atom stereocenters. The van der Waals surface area contributed by atoms with Gasteiger partial charge >= 0.3 is 0 Å². The molecule has 0 saturated heterocycles. The molecule has 1 aromatic rings. The summed E-state index contributed by atoms with van der Waals surface area (Å²) in [5, 5.41) is 0. The monoisotopic (exact) mass is 236 g/mol. The zero-order chi connectivity index (χ0) is 12.1. The Hall–Kier alpha value is -1.23. The molecular weight excluding hydrogens is 216 g/mol. The van der Waals surface area contributed by atoms with Crippen molar-refractivity contribution in [1.82, 2.24) is 15.0 Å². The summed E-state index contributed by atoms with van der Waals surface area (Å²) < 4.78 is 5.98. The summed E-state index contributed by atoms with van der Waals surface area (Å²) in [6.45, 7) is 2.68. The molecule has 0 bridgehead atoms. The lowest BCUT2D eigenvalue weighted by molar-refractivity contribution is -0.0624. The van der Waals surface area contributed by atoms with E-state index in [0.29, 0.717) is 12.4 Å². The number of hydrogen-bond acceptors (Lipinski definition) is 5. The first-order chi connectivity index (χ1) is 8.27. The number of hydrogen-bond donors (Lipinski definition) is 1. The maximum Gasteiger partial charge on any atom is 0.223 e. The van der Waals surface area contributed by atoms with Gasteiger partial charge in [0.05, 0.1) is 0 Å². The van der Waals surface area contributed by atoms with Gasteiger partial charge in [0, 0.05) is 6.61 Å². The molecule has 0 aromatic carbocycles. The fourth-order valence-corrected chi connectivity index (χ4v) is 2.54. The first-order valence-corrected chi connectivity index (χ1v) is 6.36. The van der Waals surface area contributed by atoms with Crippen molar-refractivity contribution in [3.8, 4) is 0 Å². The Morgan fingerprint density at radius 3 is 2.53 bits per heavy atom. The van der Waals surface area contributed by atoms with E-state index in [0.717, 1.165) is 25.7 Å². The molecule has 0 amide bonds. The van der Waals surface area contributed by atoms with Crippen molar-refractivity contribution in [2.24, 2.45) is 0 Å². The van der Waals surface area contributed by atoms with Gasteiger partial charge in [0.2, 0.25) is 5.95 Å². The van der Waals surface area contributed by atoms with Crippen molar-refractivity contribution in [3.63, 3.8) is 0 Å². The molecule has 2 rings (SSSR count). The van der Waals surface area contributed by atoms with E-state index in [1.54, 1.807) is 0 Å². The van der Waals surface area contributed by atoms with Gasteiger partial charge in [-0.3, -0.25) is 0 Å². The molecule has 0 spiro atoms. The molecule has 1 saturated carbocycles. The molecule has 5 heteroatoms. The van der Waals surface area contributed by atoms with Crippen molar-refractivity contribution in [3.05, 3.63) is 12.2 Å². The molecule has 94 valence electrons. The summed E-state index contributed by atoms with van der Waals surface area (Å²) in [5.74, 6) is 0.979. The second-order valence-electron chi connectivity index (χ2n) is 4.51. The van der Waals surface area contributed by atoms with Crippen LogP contribution >= 0.6 is 0 Å². The second kappa shape index (κ2) is 5.40. The second-order valence-corrected chi connectivity index (χ2v) is 4.51. The van der Waals surface area contributed by atoms with E-state index >= 15 is 0 Å². The molecule has 1 heterocycles. The van der Waals surface area contributed by atoms with Gasteiger partial charge in [-0.15, -0.1) is 0 Å². The van der Waals surface area contributed by atoms with E-state index in [1.807, 2.05) is 6.92 Å². The standard InChI is InChI=1S/C12H20N4O/c1-2-17-12(7-5-3-4-6-8-12)10-14-9-15-11(13)16-10/h9H,2-8H2,1H3,(H2,13,14,15,16). The Bertz CT molecular complexity index is 361. The van der Waals surface area contributed by atoms with E-state index < -0.39 is 0 Å². The van der Waals surface area contributed by atoms with Gasteiger partial charge in [-0.05, 0) is 19.8 Å². The first-order valence-electron chi connectivity index (χ1n) is 6.36. The highest BCUT2D eigenvalue weighted by Crippen LogP contribution is 2.37. The Morgan fingerprint density at radius 1 is 1.24 bits per heavy atom. The van der Waals surface area contributed by atoms with Crippen LogP contribution in [0.1, 0.15) is 51.3 Å². The molecule has 0 aliphatic heterocycles. The molecule has 2 N–H and O–H groups in total. The van der Waals surface area contributed by atoms with Gasteiger partial charge in [-0.1, -0.05) is 25.7 Å². The summed E-state index contributed by atoms with van der Waals surface area (Å²) in [4.78, 5) is 12.4. The van der Waals surface area contributed by atoms with Crippen LogP contribution in [-0.2, 0) is 10.3 Å². The molecule has 5 nitrogen and oxygen atoms in total. The number of nitrogens with zero attached hydrogens (tertiary/aromatic N) is 3. The quantitative estimate of drug-likeness (QED) is 0.813. The van der Waals surface area contributed by atoms with Gasteiger partial charge in [-0.2, -0.15) is 4.98 Å². The third kappa shape index (κ3) is 2.72. The summed E-state index contributed by atoms with van der Waals surface area (Å²) in [6, 6.07) is 0. The Balaban J connectivity index is 2.31. The smallest absolute Gasteiger partial charge is 0.223 e. The van der Waals surface area contributed by atoms with Crippen molar-refractivity contribution in [2.45, 2.75) is 51.0 Å². The lowest BCUT2D eigenvalue weighted by Gasteiger charge is -2.30. The molecule has 1 fully saturated rings. The maximum absolute atomic E-state index is 5.98. The van der Waals surface area contributed by atoms with Crippen LogP contribution in [0.2, 0.25) is 0 Å². The lowest BCUT2D eigenvalue weighted by atomic mass is 9.93. The third-order valence-electron chi connectivity index (χ3n) is 3.33. The molecule has 1 aliphatic carbocycles. The average Bonchev–Trinajstić information content (AvgIpc) is 2.56. The SMILES string of the molecule is CCOC1(c2ncnc(N)n2)CCCCCC1. The van der Waals surface area contributed by atoms with Crippen LogP contribution < -0.4 is 5.73 Å². The highest BCUT2D eigenvalue weighted by molar-refractivity contribution is 5.16. The minimum Gasteiger partial charge on any atom is -0.368 e. The van der Waals surface area contributed by atoms with Crippen LogP contribution in [0.15, 0.2) is 6.33 Å². The third-order valence-corrected chi connectivity index (χ3v) is 3.33. The molecular formula is C12H20N4O. The van der Waals surface area contributed by atoms with Gasteiger partial charge in [-0.25, -0.2) is 9.97 Å². The van der Waals surface area contributed by atoms with Crippen LogP contribution in [0, 0.1) is 0 Å². The van der Waals surface area contributed by atoms with Crippen LogP contribution in [0.25, 0.3) is 0 Å². The van der Waals surface area contributed by atoms with E-state index in [-0.39, 0.29) is 11.5 Å². The molecule has 0 radical (unpaired) electrons. The molecule has 1 aromatic heterocycles.